The lowest BCUT2D eigenvalue weighted by molar-refractivity contribution is -0.127. The van der Waals surface area contributed by atoms with Gasteiger partial charge in [0.05, 0.1) is 13.7 Å². The number of hydrogen-bond donors (Lipinski definition) is 1. The van der Waals surface area contributed by atoms with Crippen molar-refractivity contribution in [2.75, 3.05) is 34.3 Å². The van der Waals surface area contributed by atoms with Gasteiger partial charge >= 0.3 is 6.03 Å². The maximum Gasteiger partial charge on any atom is 0.318 e. The lowest BCUT2D eigenvalue weighted by Gasteiger charge is -2.24. The topological polar surface area (TPSA) is 61.9 Å². The molecule has 0 aliphatic rings. The number of benzene rings is 2. The molecule has 0 bridgehead atoms. The quantitative estimate of drug-likeness (QED) is 0.762. The fourth-order valence-electron chi connectivity index (χ4n) is 2.64. The molecule has 0 spiro atoms. The molecule has 150 valence electrons. The van der Waals surface area contributed by atoms with Gasteiger partial charge < -0.3 is 19.9 Å². The van der Waals surface area contributed by atoms with E-state index in [1.807, 2.05) is 55.5 Å². The van der Waals surface area contributed by atoms with Crippen LogP contribution >= 0.6 is 0 Å². The lowest BCUT2D eigenvalue weighted by atomic mass is 10.1. The van der Waals surface area contributed by atoms with E-state index in [4.69, 9.17) is 4.74 Å². The molecule has 0 fully saturated rings. The summed E-state index contributed by atoms with van der Waals surface area (Å²) in [5.41, 5.74) is 3.34. The van der Waals surface area contributed by atoms with Gasteiger partial charge in [-0.05, 0) is 36.6 Å². The summed E-state index contributed by atoms with van der Waals surface area (Å²) in [4.78, 5) is 27.7. The summed E-state index contributed by atoms with van der Waals surface area (Å²) in [7, 11) is 4.97. The highest BCUT2D eigenvalue weighted by Gasteiger charge is 2.16. The second-order valence-corrected chi connectivity index (χ2v) is 6.95. The molecule has 0 aromatic heterocycles. The van der Waals surface area contributed by atoms with E-state index in [1.54, 1.807) is 26.1 Å². The van der Waals surface area contributed by atoms with E-state index in [0.29, 0.717) is 19.5 Å². The van der Waals surface area contributed by atoms with Crippen LogP contribution in [0.5, 0.6) is 5.75 Å². The summed E-state index contributed by atoms with van der Waals surface area (Å²) in [6, 6.07) is 15.7. The number of rotatable bonds is 8. The van der Waals surface area contributed by atoms with Crippen LogP contribution in [0.25, 0.3) is 0 Å². The van der Waals surface area contributed by atoms with Crippen LogP contribution in [0.15, 0.2) is 48.5 Å². The van der Waals surface area contributed by atoms with Crippen LogP contribution in [0.3, 0.4) is 0 Å². The van der Waals surface area contributed by atoms with Crippen molar-refractivity contribution in [3.63, 3.8) is 0 Å². The molecule has 2 aromatic carbocycles. The highest BCUT2D eigenvalue weighted by Crippen LogP contribution is 2.13. The number of methoxy groups -OCH3 is 1. The number of carbonyl (C=O) groups excluding carboxylic acids is 2. The van der Waals surface area contributed by atoms with Crippen LogP contribution in [-0.4, -0.2) is 56.0 Å². The van der Waals surface area contributed by atoms with Gasteiger partial charge in [0.1, 0.15) is 5.75 Å². The largest absolute Gasteiger partial charge is 0.497 e. The highest BCUT2D eigenvalue weighted by molar-refractivity contribution is 5.83. The molecule has 1 N–H and O–H groups in total. The second kappa shape index (κ2) is 10.3. The fourth-order valence-corrected chi connectivity index (χ4v) is 2.64. The third-order valence-electron chi connectivity index (χ3n) is 4.50. The van der Waals surface area contributed by atoms with Crippen LogP contribution in [-0.2, 0) is 17.8 Å². The van der Waals surface area contributed by atoms with Gasteiger partial charge in [0, 0.05) is 27.2 Å². The monoisotopic (exact) mass is 383 g/mol. The maximum absolute atomic E-state index is 12.7. The Balaban J connectivity index is 2.04. The lowest BCUT2D eigenvalue weighted by Crippen LogP contribution is -2.44. The molecule has 0 heterocycles. The zero-order valence-corrected chi connectivity index (χ0v) is 17.1. The van der Waals surface area contributed by atoms with Crippen molar-refractivity contribution in [1.29, 1.82) is 0 Å². The Morgan fingerprint density at radius 3 is 2.14 bits per heavy atom. The molecule has 0 saturated carbocycles. The molecule has 0 aliphatic carbocycles. The third kappa shape index (κ3) is 6.61. The minimum Gasteiger partial charge on any atom is -0.497 e. The Kier molecular flexibility index (Phi) is 7.87. The van der Waals surface area contributed by atoms with E-state index in [-0.39, 0.29) is 18.5 Å². The molecule has 2 aromatic rings. The second-order valence-electron chi connectivity index (χ2n) is 6.95. The predicted molar refractivity (Wildman–Crippen MR) is 110 cm³/mol. The molecule has 28 heavy (non-hydrogen) atoms. The van der Waals surface area contributed by atoms with Crippen molar-refractivity contribution in [2.45, 2.75) is 19.9 Å². The van der Waals surface area contributed by atoms with Crippen molar-refractivity contribution in [1.82, 2.24) is 15.1 Å². The SMILES string of the molecule is COc1ccc(CCN(Cc2ccc(C)cc2)C(=O)NCC(=O)N(C)C)cc1. The van der Waals surface area contributed by atoms with Gasteiger partial charge in [0.2, 0.25) is 5.91 Å². The Morgan fingerprint density at radius 2 is 1.57 bits per heavy atom. The van der Waals surface area contributed by atoms with Crippen LogP contribution in [0.2, 0.25) is 0 Å². The number of aryl methyl sites for hydroxylation is 1. The Morgan fingerprint density at radius 1 is 0.964 bits per heavy atom. The van der Waals surface area contributed by atoms with Crippen LogP contribution in [0.4, 0.5) is 4.79 Å². The van der Waals surface area contributed by atoms with E-state index < -0.39 is 0 Å². The summed E-state index contributed by atoms with van der Waals surface area (Å²) in [6.07, 6.45) is 0.713. The zero-order chi connectivity index (χ0) is 20.5. The molecule has 0 atom stereocenters. The van der Waals surface area contributed by atoms with Gasteiger partial charge in [-0.1, -0.05) is 42.0 Å². The molecule has 2 rings (SSSR count). The van der Waals surface area contributed by atoms with Gasteiger partial charge in [-0.3, -0.25) is 4.79 Å². The minimum atomic E-state index is -0.246. The van der Waals surface area contributed by atoms with Crippen molar-refractivity contribution >= 4 is 11.9 Å². The molecule has 0 unspecified atom stereocenters. The van der Waals surface area contributed by atoms with Crippen LogP contribution in [0, 0.1) is 6.92 Å². The van der Waals surface area contributed by atoms with Crippen molar-refractivity contribution in [3.05, 3.63) is 65.2 Å². The van der Waals surface area contributed by atoms with Gasteiger partial charge in [0.15, 0.2) is 0 Å². The highest BCUT2D eigenvalue weighted by atomic mass is 16.5. The van der Waals surface area contributed by atoms with Crippen molar-refractivity contribution in [3.8, 4) is 5.75 Å². The molecule has 0 saturated heterocycles. The normalized spacial score (nSPS) is 10.3. The number of amides is 3. The number of likely N-dealkylation sites (N-methyl/N-ethyl adjacent to an activating group) is 1. The number of hydrogen-bond acceptors (Lipinski definition) is 3. The number of carbonyl (C=O) groups is 2. The number of ether oxygens (including phenoxy) is 1. The van der Waals surface area contributed by atoms with E-state index in [0.717, 1.165) is 16.9 Å². The van der Waals surface area contributed by atoms with Crippen LogP contribution < -0.4 is 10.1 Å². The average Bonchev–Trinajstić information content (AvgIpc) is 2.70. The van der Waals surface area contributed by atoms with Gasteiger partial charge in [-0.15, -0.1) is 0 Å². The van der Waals surface area contributed by atoms with E-state index in [9.17, 15) is 9.59 Å². The van der Waals surface area contributed by atoms with Crippen LogP contribution in [0.1, 0.15) is 16.7 Å². The fraction of sp³-hybridized carbons (Fsp3) is 0.364. The molecule has 6 nitrogen and oxygen atoms in total. The summed E-state index contributed by atoms with van der Waals surface area (Å²) in [5.74, 6) is 0.666. The van der Waals surface area contributed by atoms with E-state index in [1.165, 1.54) is 10.5 Å². The first-order chi connectivity index (χ1) is 13.4. The van der Waals surface area contributed by atoms with E-state index in [2.05, 4.69) is 5.32 Å². The third-order valence-corrected chi connectivity index (χ3v) is 4.50. The number of nitrogens with zero attached hydrogens (tertiary/aromatic N) is 2. The summed E-state index contributed by atoms with van der Waals surface area (Å²) in [6.45, 7) is 3.05. The predicted octanol–water partition coefficient (Wildman–Crippen LogP) is 2.85. The smallest absolute Gasteiger partial charge is 0.318 e. The minimum absolute atomic E-state index is 0.0151. The van der Waals surface area contributed by atoms with Gasteiger partial charge in [0.25, 0.3) is 0 Å². The first-order valence-corrected chi connectivity index (χ1v) is 9.30. The number of nitrogens with one attached hydrogen (secondary N) is 1. The zero-order valence-electron chi connectivity index (χ0n) is 17.1. The first-order valence-electron chi connectivity index (χ1n) is 9.30. The van der Waals surface area contributed by atoms with Crippen molar-refractivity contribution < 1.29 is 14.3 Å². The van der Waals surface area contributed by atoms with Gasteiger partial charge in [-0.2, -0.15) is 0 Å². The molecule has 6 heteroatoms. The standard InChI is InChI=1S/C22H29N3O3/c1-17-5-7-19(8-6-17)16-25(22(27)23-15-21(26)24(2)3)14-13-18-9-11-20(28-4)12-10-18/h5-12H,13-16H2,1-4H3,(H,23,27). The van der Waals surface area contributed by atoms with Crippen molar-refractivity contribution in [2.24, 2.45) is 0 Å². The average molecular weight is 383 g/mol. The molecule has 0 aliphatic heterocycles. The first kappa shape index (κ1) is 21.3. The van der Waals surface area contributed by atoms with E-state index >= 15 is 0 Å². The molecular formula is C22H29N3O3. The number of urea groups is 1. The van der Waals surface area contributed by atoms with Gasteiger partial charge in [-0.25, -0.2) is 4.79 Å². The maximum atomic E-state index is 12.7. The molecule has 0 radical (unpaired) electrons. The summed E-state index contributed by atoms with van der Waals surface area (Å²) < 4.78 is 5.18. The summed E-state index contributed by atoms with van der Waals surface area (Å²) in [5, 5.41) is 2.73. The molecule has 3 amide bonds. The Bertz CT molecular complexity index is 771. The Hall–Kier alpha value is -3.02. The molecular weight excluding hydrogens is 354 g/mol. The Labute approximate surface area is 167 Å². The summed E-state index contributed by atoms with van der Waals surface area (Å²) >= 11 is 0.